The molecule has 0 radical (unpaired) electrons. The van der Waals surface area contributed by atoms with Crippen LogP contribution in [0.4, 0.5) is 24.9 Å². The van der Waals surface area contributed by atoms with Crippen LogP contribution in [0.2, 0.25) is 0 Å². The number of rotatable bonds is 4. The van der Waals surface area contributed by atoms with Crippen LogP contribution in [0.5, 0.6) is 0 Å². The van der Waals surface area contributed by atoms with Gasteiger partial charge in [-0.15, -0.1) is 5.10 Å². The third kappa shape index (κ3) is 4.57. The van der Waals surface area contributed by atoms with Gasteiger partial charge in [-0.3, -0.25) is 5.10 Å². The van der Waals surface area contributed by atoms with Crippen molar-refractivity contribution in [1.29, 1.82) is 0 Å². The molecule has 33 heavy (non-hydrogen) atoms. The summed E-state index contributed by atoms with van der Waals surface area (Å²) in [4.78, 5) is 13.5. The van der Waals surface area contributed by atoms with Crippen molar-refractivity contribution in [1.82, 2.24) is 25.1 Å². The van der Waals surface area contributed by atoms with E-state index in [1.54, 1.807) is 6.07 Å². The molecule has 2 aromatic heterocycles. The molecule has 5 rings (SSSR count). The molecule has 2 N–H and O–H groups in total. The molecule has 4 aromatic rings. The minimum atomic E-state index is -4.50. The van der Waals surface area contributed by atoms with Gasteiger partial charge in [0.1, 0.15) is 5.82 Å². The summed E-state index contributed by atoms with van der Waals surface area (Å²) < 4.78 is 40.8. The maximum absolute atomic E-state index is 13.6. The zero-order valence-electron chi connectivity index (χ0n) is 16.9. The van der Waals surface area contributed by atoms with E-state index < -0.39 is 11.7 Å². The first-order chi connectivity index (χ1) is 15.5. The highest BCUT2D eigenvalue weighted by Crippen LogP contribution is 2.37. The van der Waals surface area contributed by atoms with E-state index >= 15 is 0 Å². The molecule has 170 valence electrons. The molecule has 0 saturated carbocycles. The van der Waals surface area contributed by atoms with Crippen molar-refractivity contribution in [2.24, 2.45) is 0 Å². The minimum absolute atomic E-state index is 0. The molecule has 2 heterocycles. The number of fused-ring (bicyclic) bond motifs is 1. The number of aromatic amines is 1. The first-order valence-electron chi connectivity index (χ1n) is 10.3. The van der Waals surface area contributed by atoms with Crippen molar-refractivity contribution in [2.75, 3.05) is 5.32 Å². The Morgan fingerprint density at radius 2 is 1.58 bits per heavy atom. The van der Waals surface area contributed by atoms with Crippen molar-refractivity contribution >= 4 is 11.8 Å². The number of hydrogen-bond acceptors (Lipinski definition) is 5. The third-order valence-corrected chi connectivity index (χ3v) is 5.42. The highest BCUT2D eigenvalue weighted by atomic mass is 19.4. The van der Waals surface area contributed by atoms with Gasteiger partial charge >= 0.3 is 6.18 Å². The second-order valence-corrected chi connectivity index (χ2v) is 7.57. The van der Waals surface area contributed by atoms with E-state index in [-0.39, 0.29) is 18.8 Å². The predicted octanol–water partition coefficient (Wildman–Crippen LogP) is 6.21. The van der Waals surface area contributed by atoms with Crippen molar-refractivity contribution in [2.45, 2.75) is 39.3 Å². The van der Waals surface area contributed by atoms with Gasteiger partial charge in [0.2, 0.25) is 5.95 Å². The van der Waals surface area contributed by atoms with Crippen molar-refractivity contribution < 1.29 is 13.2 Å². The molecule has 0 fully saturated rings. The maximum Gasteiger partial charge on any atom is 0.417 e. The van der Waals surface area contributed by atoms with E-state index in [1.165, 1.54) is 12.1 Å². The van der Waals surface area contributed by atoms with Gasteiger partial charge < -0.3 is 5.32 Å². The van der Waals surface area contributed by atoms with Gasteiger partial charge in [-0.25, -0.2) is 9.97 Å². The number of aromatic nitrogens is 5. The second-order valence-electron chi connectivity index (χ2n) is 7.57. The number of anilines is 2. The molecule has 0 bridgehead atoms. The Bertz CT molecular complexity index is 1250. The molecule has 0 spiro atoms. The highest BCUT2D eigenvalue weighted by molar-refractivity contribution is 5.66. The lowest BCUT2D eigenvalue weighted by Gasteiger charge is -2.20. The normalized spacial score (nSPS) is 13.2. The quantitative estimate of drug-likeness (QED) is 0.385. The molecule has 0 unspecified atom stereocenters. The molecule has 0 saturated heterocycles. The molecular weight excluding hydrogens is 429 g/mol. The van der Waals surface area contributed by atoms with Crippen LogP contribution in [-0.4, -0.2) is 25.1 Å². The van der Waals surface area contributed by atoms with Crippen molar-refractivity contribution in [3.8, 4) is 22.8 Å². The fourth-order valence-corrected chi connectivity index (χ4v) is 3.89. The Hall–Kier alpha value is -3.75. The number of halogens is 3. The standard InChI is InChI=1S/C23H19F3N6.CH4/c24-23(25,26)17-12-6-4-10-15(17)20-27-18-13-7-5-11-16(18)21(28-20)30-22-29-19(31-32-22)14-8-2-1-3-9-14;/h1-4,6,8-10,12H,5,7,11,13H2,(H2,27,28,29,30,31,32);1H4. The SMILES string of the molecule is C.FC(F)(F)c1ccccc1-c1nc2c(c(Nc3n[nH]c(-c4ccccc4)n3)n1)CCCC2. The van der Waals surface area contributed by atoms with Gasteiger partial charge in [0.15, 0.2) is 11.6 Å². The van der Waals surface area contributed by atoms with E-state index in [1.807, 2.05) is 30.3 Å². The lowest BCUT2D eigenvalue weighted by molar-refractivity contribution is -0.137. The summed E-state index contributed by atoms with van der Waals surface area (Å²) in [6.07, 6.45) is -1.17. The van der Waals surface area contributed by atoms with Crippen LogP contribution in [0.1, 0.15) is 37.1 Å². The van der Waals surface area contributed by atoms with Gasteiger partial charge in [-0.05, 0) is 31.7 Å². The average Bonchev–Trinajstić information content (AvgIpc) is 3.27. The van der Waals surface area contributed by atoms with Crippen molar-refractivity contribution in [3.05, 3.63) is 71.4 Å². The van der Waals surface area contributed by atoms with Crippen LogP contribution >= 0.6 is 0 Å². The van der Waals surface area contributed by atoms with E-state index in [0.717, 1.165) is 42.1 Å². The zero-order chi connectivity index (χ0) is 22.1. The first-order valence-corrected chi connectivity index (χ1v) is 10.3. The number of H-pyrrole nitrogens is 1. The molecule has 2 aromatic carbocycles. The van der Waals surface area contributed by atoms with Crippen molar-refractivity contribution in [3.63, 3.8) is 0 Å². The van der Waals surface area contributed by atoms with Crippen LogP contribution in [0.25, 0.3) is 22.8 Å². The topological polar surface area (TPSA) is 79.4 Å². The van der Waals surface area contributed by atoms with Crippen LogP contribution in [0.3, 0.4) is 0 Å². The lowest BCUT2D eigenvalue weighted by Crippen LogP contribution is -2.14. The van der Waals surface area contributed by atoms with E-state index in [4.69, 9.17) is 0 Å². The number of benzene rings is 2. The zero-order valence-corrected chi connectivity index (χ0v) is 16.9. The van der Waals surface area contributed by atoms with Crippen LogP contribution in [-0.2, 0) is 19.0 Å². The lowest BCUT2D eigenvalue weighted by atomic mass is 9.96. The molecule has 9 heteroatoms. The summed E-state index contributed by atoms with van der Waals surface area (Å²) in [6, 6.07) is 14.9. The number of alkyl halides is 3. The Morgan fingerprint density at radius 3 is 2.36 bits per heavy atom. The maximum atomic E-state index is 13.6. The predicted molar refractivity (Wildman–Crippen MR) is 121 cm³/mol. The molecule has 0 amide bonds. The molecule has 1 aliphatic rings. The summed E-state index contributed by atoms with van der Waals surface area (Å²) >= 11 is 0. The Morgan fingerprint density at radius 1 is 0.848 bits per heavy atom. The average molecular weight is 452 g/mol. The van der Waals surface area contributed by atoms with Gasteiger partial charge in [0, 0.05) is 22.4 Å². The number of nitrogens with one attached hydrogen (secondary N) is 2. The van der Waals surface area contributed by atoms with Crippen LogP contribution < -0.4 is 5.32 Å². The van der Waals surface area contributed by atoms with Gasteiger partial charge in [-0.2, -0.15) is 18.2 Å². The molecular formula is C24H23F3N6. The van der Waals surface area contributed by atoms with E-state index in [0.29, 0.717) is 24.0 Å². The number of aryl methyl sites for hydroxylation is 1. The largest absolute Gasteiger partial charge is 0.417 e. The van der Waals surface area contributed by atoms with Gasteiger partial charge in [-0.1, -0.05) is 56.0 Å². The summed E-state index contributed by atoms with van der Waals surface area (Å²) in [7, 11) is 0. The summed E-state index contributed by atoms with van der Waals surface area (Å²) in [5, 5.41) is 10.2. The second kappa shape index (κ2) is 9.01. The van der Waals surface area contributed by atoms with Gasteiger partial charge in [0.05, 0.1) is 5.56 Å². The van der Waals surface area contributed by atoms with E-state index in [2.05, 4.69) is 30.5 Å². The first kappa shape index (κ1) is 22.4. The summed E-state index contributed by atoms with van der Waals surface area (Å²) in [5.41, 5.74) is 1.73. The highest BCUT2D eigenvalue weighted by Gasteiger charge is 2.34. The Kier molecular flexibility index (Phi) is 6.13. The van der Waals surface area contributed by atoms with Crippen LogP contribution in [0.15, 0.2) is 54.6 Å². The van der Waals surface area contributed by atoms with Crippen LogP contribution in [0, 0.1) is 0 Å². The molecule has 6 nitrogen and oxygen atoms in total. The Labute approximate surface area is 189 Å². The fraction of sp³-hybridized carbons (Fsp3) is 0.250. The van der Waals surface area contributed by atoms with E-state index in [9.17, 15) is 13.2 Å². The number of hydrogen-bond donors (Lipinski definition) is 2. The Balaban J connectivity index is 0.00000259. The minimum Gasteiger partial charge on any atom is -0.307 e. The number of nitrogens with zero attached hydrogens (tertiary/aromatic N) is 4. The summed E-state index contributed by atoms with van der Waals surface area (Å²) in [6.45, 7) is 0. The molecule has 0 atom stereocenters. The summed E-state index contributed by atoms with van der Waals surface area (Å²) in [5.74, 6) is 1.37. The third-order valence-electron chi connectivity index (χ3n) is 5.42. The molecule has 0 aliphatic heterocycles. The fourth-order valence-electron chi connectivity index (χ4n) is 3.89. The monoisotopic (exact) mass is 452 g/mol. The van der Waals surface area contributed by atoms with Gasteiger partial charge in [0.25, 0.3) is 0 Å². The smallest absolute Gasteiger partial charge is 0.307 e. The molecule has 1 aliphatic carbocycles.